The lowest BCUT2D eigenvalue weighted by atomic mass is 10.3. The molecule has 0 aliphatic rings. The van der Waals surface area contributed by atoms with Gasteiger partial charge in [0.1, 0.15) is 5.75 Å². The Morgan fingerprint density at radius 1 is 1.18 bits per heavy atom. The van der Waals surface area contributed by atoms with E-state index >= 15 is 0 Å². The number of nitrogens with one attached hydrogen (secondary N) is 2. The zero-order chi connectivity index (χ0) is 12.5. The Balaban J connectivity index is 2.29. The van der Waals surface area contributed by atoms with Crippen molar-refractivity contribution in [2.24, 2.45) is 0 Å². The summed E-state index contributed by atoms with van der Waals surface area (Å²) in [6.07, 6.45) is 0.598. The molecule has 0 saturated carbocycles. The summed E-state index contributed by atoms with van der Waals surface area (Å²) in [5, 5.41) is 10.7. The predicted molar refractivity (Wildman–Crippen MR) is 70.1 cm³/mol. The molecular weight excluding hydrogens is 216 g/mol. The fourth-order valence-electron chi connectivity index (χ4n) is 1.40. The van der Waals surface area contributed by atoms with Gasteiger partial charge in [-0.05, 0) is 38.1 Å². The van der Waals surface area contributed by atoms with Gasteiger partial charge in [0.2, 0.25) is 0 Å². The lowest BCUT2D eigenvalue weighted by Gasteiger charge is -2.08. The fraction of sp³-hybridized carbons (Fsp3) is 0.462. The first-order chi connectivity index (χ1) is 8.26. The predicted octanol–water partition coefficient (Wildman–Crippen LogP) is 2.90. The van der Waals surface area contributed by atoms with E-state index in [1.54, 1.807) is 0 Å². The van der Waals surface area contributed by atoms with Gasteiger partial charge in [-0.15, -0.1) is 0 Å². The van der Waals surface area contributed by atoms with Gasteiger partial charge >= 0.3 is 0 Å². The lowest BCUT2D eigenvalue weighted by Crippen LogP contribution is -2.10. The summed E-state index contributed by atoms with van der Waals surface area (Å²) >= 11 is 0. The monoisotopic (exact) mass is 236 g/mol. The molecule has 0 saturated heterocycles. The summed E-state index contributed by atoms with van der Waals surface area (Å²) in [5.41, 5.74) is 1.03. The molecule has 0 aliphatic carbocycles. The normalized spacial score (nSPS) is 9.76. The van der Waals surface area contributed by atoms with E-state index in [0.717, 1.165) is 11.4 Å². The Morgan fingerprint density at radius 2 is 1.88 bits per heavy atom. The van der Waals surface area contributed by atoms with Gasteiger partial charge < -0.3 is 14.8 Å². The van der Waals surface area contributed by atoms with Crippen molar-refractivity contribution >= 4 is 11.6 Å². The molecule has 0 bridgehead atoms. The molecule has 0 unspecified atom stereocenters. The first-order valence-corrected chi connectivity index (χ1v) is 5.93. The van der Waals surface area contributed by atoms with Crippen LogP contribution in [0.1, 0.15) is 20.3 Å². The lowest BCUT2D eigenvalue weighted by molar-refractivity contribution is 0.315. The van der Waals surface area contributed by atoms with Crippen LogP contribution in [-0.4, -0.2) is 25.7 Å². The maximum Gasteiger partial charge on any atom is 0.182 e. The Labute approximate surface area is 102 Å². The fourth-order valence-corrected chi connectivity index (χ4v) is 1.40. The molecule has 1 aromatic carbocycles. The average Bonchev–Trinajstić information content (AvgIpc) is 2.32. The summed E-state index contributed by atoms with van der Waals surface area (Å²) in [5.74, 6) is 1.20. The topological polar surface area (TPSA) is 54.3 Å². The Bertz CT molecular complexity index is 336. The molecule has 94 valence electrons. The number of hydrogen-bond donors (Lipinski definition) is 2. The van der Waals surface area contributed by atoms with Crippen LogP contribution < -0.4 is 10.1 Å². The molecule has 0 aliphatic heterocycles. The van der Waals surface area contributed by atoms with Crippen LogP contribution in [-0.2, 0) is 4.74 Å². The van der Waals surface area contributed by atoms with E-state index < -0.39 is 0 Å². The zero-order valence-corrected chi connectivity index (χ0v) is 10.5. The van der Waals surface area contributed by atoms with Crippen molar-refractivity contribution in [1.29, 1.82) is 5.41 Å². The van der Waals surface area contributed by atoms with Crippen LogP contribution in [0.15, 0.2) is 24.3 Å². The number of benzene rings is 1. The molecule has 4 heteroatoms. The van der Waals surface area contributed by atoms with E-state index in [-0.39, 0.29) is 0 Å². The van der Waals surface area contributed by atoms with E-state index in [2.05, 4.69) is 5.32 Å². The first-order valence-electron chi connectivity index (χ1n) is 5.93. The molecule has 17 heavy (non-hydrogen) atoms. The van der Waals surface area contributed by atoms with Gasteiger partial charge in [0.15, 0.2) is 5.90 Å². The van der Waals surface area contributed by atoms with Crippen LogP contribution in [0.4, 0.5) is 5.69 Å². The first kappa shape index (κ1) is 13.4. The SMILES string of the molecule is CCOC(=N)CCNc1ccc(OCC)cc1. The highest BCUT2D eigenvalue weighted by atomic mass is 16.5. The third-order valence-electron chi connectivity index (χ3n) is 2.17. The Hall–Kier alpha value is -1.71. The van der Waals surface area contributed by atoms with Gasteiger partial charge in [-0.3, -0.25) is 5.41 Å². The number of anilines is 1. The van der Waals surface area contributed by atoms with Crippen LogP contribution in [0.3, 0.4) is 0 Å². The highest BCUT2D eigenvalue weighted by molar-refractivity contribution is 5.73. The molecule has 1 aromatic rings. The van der Waals surface area contributed by atoms with Crippen molar-refractivity contribution in [3.8, 4) is 5.75 Å². The minimum Gasteiger partial charge on any atom is -0.494 e. The summed E-state index contributed by atoms with van der Waals surface area (Å²) in [6, 6.07) is 7.80. The Morgan fingerprint density at radius 3 is 2.47 bits per heavy atom. The Kier molecular flexibility index (Phi) is 5.93. The highest BCUT2D eigenvalue weighted by Gasteiger charge is 1.97. The van der Waals surface area contributed by atoms with E-state index in [9.17, 15) is 0 Å². The zero-order valence-electron chi connectivity index (χ0n) is 10.5. The van der Waals surface area contributed by atoms with Crippen molar-refractivity contribution in [2.75, 3.05) is 25.1 Å². The van der Waals surface area contributed by atoms with Crippen molar-refractivity contribution in [3.05, 3.63) is 24.3 Å². The molecule has 0 radical (unpaired) electrons. The van der Waals surface area contributed by atoms with Crippen molar-refractivity contribution in [2.45, 2.75) is 20.3 Å². The molecule has 0 spiro atoms. The van der Waals surface area contributed by atoms with Crippen LogP contribution in [0.2, 0.25) is 0 Å². The van der Waals surface area contributed by atoms with Gasteiger partial charge in [-0.25, -0.2) is 0 Å². The van der Waals surface area contributed by atoms with Crippen LogP contribution in [0, 0.1) is 5.41 Å². The molecule has 0 aromatic heterocycles. The van der Waals surface area contributed by atoms with Crippen molar-refractivity contribution < 1.29 is 9.47 Å². The molecular formula is C13H20N2O2. The van der Waals surface area contributed by atoms with Crippen LogP contribution in [0.5, 0.6) is 5.75 Å². The van der Waals surface area contributed by atoms with E-state index in [1.807, 2.05) is 38.1 Å². The summed E-state index contributed by atoms with van der Waals surface area (Å²) in [6.45, 7) is 5.78. The number of rotatable bonds is 7. The third kappa shape index (κ3) is 5.24. The van der Waals surface area contributed by atoms with Gasteiger partial charge in [-0.1, -0.05) is 0 Å². The maximum atomic E-state index is 7.46. The average molecular weight is 236 g/mol. The summed E-state index contributed by atoms with van der Waals surface area (Å²) in [4.78, 5) is 0. The maximum absolute atomic E-state index is 7.46. The molecule has 0 heterocycles. The van der Waals surface area contributed by atoms with Gasteiger partial charge in [0.25, 0.3) is 0 Å². The second-order valence-electron chi connectivity index (χ2n) is 3.49. The smallest absolute Gasteiger partial charge is 0.182 e. The molecule has 1 rings (SSSR count). The second kappa shape index (κ2) is 7.54. The quantitative estimate of drug-likeness (QED) is 0.565. The summed E-state index contributed by atoms with van der Waals surface area (Å²) in [7, 11) is 0. The van der Waals surface area contributed by atoms with Crippen LogP contribution >= 0.6 is 0 Å². The van der Waals surface area contributed by atoms with E-state index in [4.69, 9.17) is 14.9 Å². The highest BCUT2D eigenvalue weighted by Crippen LogP contribution is 2.15. The van der Waals surface area contributed by atoms with Crippen molar-refractivity contribution in [1.82, 2.24) is 0 Å². The molecule has 4 nitrogen and oxygen atoms in total. The summed E-state index contributed by atoms with van der Waals surface area (Å²) < 4.78 is 10.4. The molecule has 0 fully saturated rings. The largest absolute Gasteiger partial charge is 0.494 e. The van der Waals surface area contributed by atoms with Crippen LogP contribution in [0.25, 0.3) is 0 Å². The third-order valence-corrected chi connectivity index (χ3v) is 2.17. The molecule has 2 N–H and O–H groups in total. The van der Waals surface area contributed by atoms with Crippen molar-refractivity contribution in [3.63, 3.8) is 0 Å². The van der Waals surface area contributed by atoms with E-state index in [0.29, 0.717) is 32.1 Å². The van der Waals surface area contributed by atoms with Gasteiger partial charge in [0.05, 0.1) is 13.2 Å². The minimum atomic E-state index is 0.325. The standard InChI is InChI=1S/C13H20N2O2/c1-3-16-12-7-5-11(6-8-12)15-10-9-13(14)17-4-2/h5-8,14-15H,3-4,9-10H2,1-2H3. The van der Waals surface area contributed by atoms with Gasteiger partial charge in [-0.2, -0.15) is 0 Å². The minimum absolute atomic E-state index is 0.325. The van der Waals surface area contributed by atoms with Gasteiger partial charge in [0, 0.05) is 18.7 Å². The van der Waals surface area contributed by atoms with E-state index in [1.165, 1.54) is 0 Å². The number of hydrogen-bond acceptors (Lipinski definition) is 4. The number of ether oxygens (including phenoxy) is 2. The molecule has 0 atom stereocenters. The molecule has 0 amide bonds. The second-order valence-corrected chi connectivity index (χ2v) is 3.49.